The van der Waals surface area contributed by atoms with Crippen molar-refractivity contribution in [1.82, 2.24) is 10.1 Å². The summed E-state index contributed by atoms with van der Waals surface area (Å²) < 4.78 is 27.4. The van der Waals surface area contributed by atoms with Gasteiger partial charge in [0.05, 0.1) is 11.4 Å². The molecular weight excluding hydrogens is 350 g/mol. The predicted molar refractivity (Wildman–Crippen MR) is 104 cm³/mol. The second kappa shape index (κ2) is 9.35. The highest BCUT2D eigenvalue weighted by Gasteiger charge is 2.25. The summed E-state index contributed by atoms with van der Waals surface area (Å²) in [6, 6.07) is 17.2. The molecule has 2 aromatic rings. The summed E-state index contributed by atoms with van der Waals surface area (Å²) in [7, 11) is -3.65. The fraction of sp³-hybridized carbons (Fsp3) is 0.316. The monoisotopic (exact) mass is 375 g/mol. The zero-order valence-electron chi connectivity index (χ0n) is 15.0. The van der Waals surface area contributed by atoms with Crippen molar-refractivity contribution < 1.29 is 13.2 Å². The number of hydrazine groups is 1. The molecule has 140 valence electrons. The molecule has 1 amide bonds. The number of carbonyl (C=O) groups excluding carboxylic acids is 1. The lowest BCUT2D eigenvalue weighted by Gasteiger charge is -2.20. The van der Waals surface area contributed by atoms with E-state index in [-0.39, 0.29) is 11.7 Å². The van der Waals surface area contributed by atoms with Crippen molar-refractivity contribution in [2.75, 3.05) is 5.43 Å². The molecule has 3 N–H and O–H groups in total. The van der Waals surface area contributed by atoms with Crippen molar-refractivity contribution in [2.45, 2.75) is 32.1 Å². The Bertz CT molecular complexity index is 793. The number of carbonyl (C=O) groups is 1. The van der Waals surface area contributed by atoms with E-state index in [2.05, 4.69) is 15.6 Å². The quantitative estimate of drug-likeness (QED) is 0.588. The number of amides is 1. The van der Waals surface area contributed by atoms with Gasteiger partial charge in [-0.15, -0.1) is 0 Å². The number of para-hydroxylation sites is 1. The van der Waals surface area contributed by atoms with Gasteiger partial charge < -0.3 is 0 Å². The van der Waals surface area contributed by atoms with Crippen LogP contribution in [0.5, 0.6) is 0 Å². The minimum absolute atomic E-state index is 0.155. The number of anilines is 1. The van der Waals surface area contributed by atoms with Crippen molar-refractivity contribution in [3.63, 3.8) is 0 Å². The fourth-order valence-corrected chi connectivity index (χ4v) is 3.83. The summed E-state index contributed by atoms with van der Waals surface area (Å²) >= 11 is 0. The molecule has 26 heavy (non-hydrogen) atoms. The van der Waals surface area contributed by atoms with Crippen LogP contribution in [0, 0.1) is 5.92 Å². The molecule has 0 saturated heterocycles. The van der Waals surface area contributed by atoms with Gasteiger partial charge in [0, 0.05) is 0 Å². The number of hydrogen-bond acceptors (Lipinski definition) is 4. The molecule has 0 bridgehead atoms. The third kappa shape index (κ3) is 6.85. The molecule has 0 radical (unpaired) electrons. The molecule has 6 nitrogen and oxygen atoms in total. The SMILES string of the molecule is CC(C)C[C@@H](NS(=O)(=O)Cc1ccccc1)C(=O)NNc1ccccc1. The van der Waals surface area contributed by atoms with Crippen LogP contribution in [0.3, 0.4) is 0 Å². The van der Waals surface area contributed by atoms with Gasteiger partial charge in [-0.05, 0) is 30.0 Å². The Kier molecular flexibility index (Phi) is 7.17. The lowest BCUT2D eigenvalue weighted by atomic mass is 10.0. The second-order valence-electron chi connectivity index (χ2n) is 6.52. The molecule has 0 heterocycles. The molecule has 0 aliphatic rings. The first-order valence-corrected chi connectivity index (χ1v) is 10.2. The Morgan fingerprint density at radius 2 is 1.54 bits per heavy atom. The van der Waals surface area contributed by atoms with Crippen LogP contribution in [-0.4, -0.2) is 20.4 Å². The Labute approximate surface area is 155 Å². The maximum atomic E-state index is 12.5. The van der Waals surface area contributed by atoms with Crippen molar-refractivity contribution >= 4 is 21.6 Å². The molecule has 0 unspecified atom stereocenters. The molecule has 0 spiro atoms. The zero-order chi connectivity index (χ0) is 19.0. The topological polar surface area (TPSA) is 87.3 Å². The van der Waals surface area contributed by atoms with E-state index >= 15 is 0 Å². The van der Waals surface area contributed by atoms with E-state index in [0.717, 1.165) is 5.69 Å². The van der Waals surface area contributed by atoms with E-state index in [9.17, 15) is 13.2 Å². The van der Waals surface area contributed by atoms with E-state index < -0.39 is 22.0 Å². The molecule has 0 aliphatic heterocycles. The van der Waals surface area contributed by atoms with Crippen molar-refractivity contribution in [2.24, 2.45) is 5.92 Å². The minimum Gasteiger partial charge on any atom is -0.299 e. The van der Waals surface area contributed by atoms with E-state index in [1.807, 2.05) is 38.1 Å². The normalized spacial score (nSPS) is 12.6. The molecule has 1 atom stereocenters. The van der Waals surface area contributed by atoms with E-state index in [1.54, 1.807) is 36.4 Å². The maximum Gasteiger partial charge on any atom is 0.256 e. The summed E-state index contributed by atoms with van der Waals surface area (Å²) in [5, 5.41) is 0. The summed E-state index contributed by atoms with van der Waals surface area (Å²) in [6.45, 7) is 3.88. The van der Waals surface area contributed by atoms with E-state index in [0.29, 0.717) is 12.0 Å². The van der Waals surface area contributed by atoms with Gasteiger partial charge in [-0.1, -0.05) is 62.4 Å². The van der Waals surface area contributed by atoms with Crippen molar-refractivity contribution in [3.05, 3.63) is 66.2 Å². The van der Waals surface area contributed by atoms with Crippen LogP contribution in [0.15, 0.2) is 60.7 Å². The Morgan fingerprint density at radius 1 is 0.962 bits per heavy atom. The highest BCUT2D eigenvalue weighted by atomic mass is 32.2. The van der Waals surface area contributed by atoms with Gasteiger partial charge in [0.25, 0.3) is 5.91 Å². The van der Waals surface area contributed by atoms with Crippen molar-refractivity contribution in [1.29, 1.82) is 0 Å². The summed E-state index contributed by atoms with van der Waals surface area (Å²) in [4.78, 5) is 12.5. The minimum atomic E-state index is -3.65. The lowest BCUT2D eigenvalue weighted by Crippen LogP contribution is -2.49. The highest BCUT2D eigenvalue weighted by molar-refractivity contribution is 7.88. The summed E-state index contributed by atoms with van der Waals surface area (Å²) in [5.74, 6) is -0.428. The van der Waals surface area contributed by atoms with Crippen LogP contribution >= 0.6 is 0 Å². The lowest BCUT2D eigenvalue weighted by molar-refractivity contribution is -0.122. The molecule has 0 aromatic heterocycles. The van der Waals surface area contributed by atoms with Gasteiger partial charge in [0.1, 0.15) is 6.04 Å². The van der Waals surface area contributed by atoms with Crippen LogP contribution in [0.25, 0.3) is 0 Å². The first-order valence-electron chi connectivity index (χ1n) is 8.50. The number of benzene rings is 2. The standard InChI is InChI=1S/C19H25N3O3S/c1-15(2)13-18(19(23)21-20-17-11-7-4-8-12-17)22-26(24,25)14-16-9-5-3-6-10-16/h3-12,15,18,20,22H,13-14H2,1-2H3,(H,21,23)/t18-/m1/s1. The van der Waals surface area contributed by atoms with Crippen molar-refractivity contribution in [3.8, 4) is 0 Å². The first-order chi connectivity index (χ1) is 12.4. The number of rotatable bonds is 9. The fourth-order valence-electron chi connectivity index (χ4n) is 2.47. The van der Waals surface area contributed by atoms with Crippen LogP contribution in [0.4, 0.5) is 5.69 Å². The second-order valence-corrected chi connectivity index (χ2v) is 8.28. The number of sulfonamides is 1. The van der Waals surface area contributed by atoms with Gasteiger partial charge in [-0.2, -0.15) is 0 Å². The third-order valence-electron chi connectivity index (χ3n) is 3.65. The molecule has 7 heteroatoms. The first kappa shape index (κ1) is 19.9. The molecule has 0 fully saturated rings. The molecular formula is C19H25N3O3S. The Morgan fingerprint density at radius 3 is 2.12 bits per heavy atom. The molecule has 0 aliphatic carbocycles. The Balaban J connectivity index is 2.02. The van der Waals surface area contributed by atoms with Crippen LogP contribution in [0.2, 0.25) is 0 Å². The average Bonchev–Trinajstić information content (AvgIpc) is 2.60. The molecule has 2 rings (SSSR count). The van der Waals surface area contributed by atoms with Crippen LogP contribution in [0.1, 0.15) is 25.8 Å². The van der Waals surface area contributed by atoms with Gasteiger partial charge >= 0.3 is 0 Å². The van der Waals surface area contributed by atoms with Gasteiger partial charge in [-0.3, -0.25) is 15.6 Å². The van der Waals surface area contributed by atoms with E-state index in [4.69, 9.17) is 0 Å². The average molecular weight is 375 g/mol. The smallest absolute Gasteiger partial charge is 0.256 e. The number of nitrogens with one attached hydrogen (secondary N) is 3. The zero-order valence-corrected chi connectivity index (χ0v) is 15.8. The predicted octanol–water partition coefficient (Wildman–Crippen LogP) is 2.66. The maximum absolute atomic E-state index is 12.5. The Hall–Kier alpha value is -2.38. The van der Waals surface area contributed by atoms with Crippen LogP contribution < -0.4 is 15.6 Å². The van der Waals surface area contributed by atoms with Gasteiger partial charge in [0.2, 0.25) is 10.0 Å². The highest BCUT2D eigenvalue weighted by Crippen LogP contribution is 2.10. The van der Waals surface area contributed by atoms with E-state index in [1.165, 1.54) is 0 Å². The van der Waals surface area contributed by atoms with Gasteiger partial charge in [-0.25, -0.2) is 13.1 Å². The third-order valence-corrected chi connectivity index (χ3v) is 5.01. The largest absolute Gasteiger partial charge is 0.299 e. The van der Waals surface area contributed by atoms with Gasteiger partial charge in [0.15, 0.2) is 0 Å². The number of hydrogen-bond donors (Lipinski definition) is 3. The van der Waals surface area contributed by atoms with Crippen LogP contribution in [-0.2, 0) is 20.6 Å². The summed E-state index contributed by atoms with van der Waals surface area (Å²) in [5.41, 5.74) is 6.77. The molecule has 2 aromatic carbocycles. The molecule has 0 saturated carbocycles. The summed E-state index contributed by atoms with van der Waals surface area (Å²) in [6.07, 6.45) is 0.399.